The fraction of sp³-hybridized carbons (Fsp3) is 0.185. The molecular weight excluding hydrogens is 398 g/mol. The van der Waals surface area contributed by atoms with E-state index < -0.39 is 0 Å². The van der Waals surface area contributed by atoms with Gasteiger partial charge >= 0.3 is 6.03 Å². The van der Waals surface area contributed by atoms with E-state index in [1.165, 1.54) is 0 Å². The van der Waals surface area contributed by atoms with Gasteiger partial charge in [-0.05, 0) is 36.2 Å². The number of likely N-dealkylation sites (tertiary alicyclic amines) is 1. The Labute approximate surface area is 187 Å². The van der Waals surface area contributed by atoms with Crippen LogP contribution in [-0.4, -0.2) is 42.2 Å². The molecule has 5 rings (SSSR count). The first-order valence-corrected chi connectivity index (χ1v) is 10.9. The number of rotatable bonds is 4. The number of aromatic nitrogens is 1. The lowest BCUT2D eigenvalue weighted by molar-refractivity contribution is 0.111. The fourth-order valence-corrected chi connectivity index (χ4v) is 4.22. The maximum absolute atomic E-state index is 12.7. The molecule has 160 valence electrons. The molecule has 1 aliphatic rings. The van der Waals surface area contributed by atoms with E-state index in [9.17, 15) is 4.79 Å². The highest BCUT2D eigenvalue weighted by molar-refractivity contribution is 5.96. The lowest BCUT2D eigenvalue weighted by Gasteiger charge is -2.17. The Morgan fingerprint density at radius 3 is 2.38 bits per heavy atom. The molecule has 1 N–H and O–H groups in total. The quantitative estimate of drug-likeness (QED) is 0.450. The summed E-state index contributed by atoms with van der Waals surface area (Å²) in [5, 5.41) is 4.01. The van der Waals surface area contributed by atoms with Crippen molar-refractivity contribution >= 4 is 22.6 Å². The number of methoxy groups -OCH3 is 1. The minimum atomic E-state index is -0.0963. The highest BCUT2D eigenvalue weighted by Crippen LogP contribution is 2.34. The first-order valence-electron chi connectivity index (χ1n) is 10.9. The first-order chi connectivity index (χ1) is 15.7. The van der Waals surface area contributed by atoms with Gasteiger partial charge in [-0.25, -0.2) is 9.78 Å². The van der Waals surface area contributed by atoms with Crippen molar-refractivity contribution in [2.24, 2.45) is 0 Å². The molecule has 1 saturated heterocycles. The number of carbonyl (C=O) groups excluding carboxylic acids is 1. The van der Waals surface area contributed by atoms with Crippen molar-refractivity contribution in [2.75, 3.05) is 25.5 Å². The second kappa shape index (κ2) is 8.81. The third-order valence-electron chi connectivity index (χ3n) is 5.96. The van der Waals surface area contributed by atoms with Crippen molar-refractivity contribution in [3.8, 4) is 22.4 Å². The molecular formula is C27H25N3O2. The summed E-state index contributed by atoms with van der Waals surface area (Å²) in [6.45, 7) is 1.33. The number of hydrogen-bond acceptors (Lipinski definition) is 3. The summed E-state index contributed by atoms with van der Waals surface area (Å²) in [4.78, 5) is 19.5. The number of anilines is 1. The Bertz CT molecular complexity index is 1240. The van der Waals surface area contributed by atoms with Crippen molar-refractivity contribution in [1.82, 2.24) is 9.88 Å². The van der Waals surface area contributed by atoms with Gasteiger partial charge in [-0.3, -0.25) is 0 Å². The summed E-state index contributed by atoms with van der Waals surface area (Å²) >= 11 is 0. The summed E-state index contributed by atoms with van der Waals surface area (Å²) in [6, 6.07) is 28.4. The van der Waals surface area contributed by atoms with E-state index in [2.05, 4.69) is 35.6 Å². The molecule has 0 saturated carbocycles. The number of ether oxygens (including phenoxy) is 1. The number of benzene rings is 3. The number of fused-ring (bicyclic) bond motifs is 1. The Kier molecular flexibility index (Phi) is 5.57. The van der Waals surface area contributed by atoms with Gasteiger partial charge < -0.3 is 15.0 Å². The summed E-state index contributed by atoms with van der Waals surface area (Å²) < 4.78 is 5.37. The highest BCUT2D eigenvalue weighted by atomic mass is 16.5. The third kappa shape index (κ3) is 4.07. The van der Waals surface area contributed by atoms with E-state index in [4.69, 9.17) is 9.72 Å². The predicted molar refractivity (Wildman–Crippen MR) is 129 cm³/mol. The normalized spacial score (nSPS) is 15.8. The number of nitrogens with one attached hydrogen (secondary N) is 1. The van der Waals surface area contributed by atoms with Gasteiger partial charge in [0.2, 0.25) is 0 Å². The predicted octanol–water partition coefficient (Wildman–Crippen LogP) is 5.82. The van der Waals surface area contributed by atoms with Crippen LogP contribution < -0.4 is 5.32 Å². The van der Waals surface area contributed by atoms with Crippen molar-refractivity contribution in [3.05, 3.63) is 84.9 Å². The standard InChI is InChI=1S/C27H25N3O2/c1-32-23-14-15-30(18-23)27(31)28-22-12-13-25-21(16-22)17-24(19-8-4-2-5-9-19)26(29-25)20-10-6-3-7-11-20/h2-13,16-17,23H,14-15,18H2,1H3,(H,28,31). The minimum absolute atomic E-state index is 0.0963. The fourth-order valence-electron chi connectivity index (χ4n) is 4.22. The van der Waals surface area contributed by atoms with Crippen LogP contribution in [0.5, 0.6) is 0 Å². The van der Waals surface area contributed by atoms with Gasteiger partial charge in [0.15, 0.2) is 0 Å². The smallest absolute Gasteiger partial charge is 0.321 e. The maximum Gasteiger partial charge on any atom is 0.321 e. The number of carbonyl (C=O) groups is 1. The highest BCUT2D eigenvalue weighted by Gasteiger charge is 2.26. The monoisotopic (exact) mass is 423 g/mol. The van der Waals surface area contributed by atoms with Gasteiger partial charge in [-0.15, -0.1) is 0 Å². The van der Waals surface area contributed by atoms with E-state index >= 15 is 0 Å². The molecule has 1 unspecified atom stereocenters. The van der Waals surface area contributed by atoms with Crippen molar-refractivity contribution in [1.29, 1.82) is 0 Å². The van der Waals surface area contributed by atoms with Crippen molar-refractivity contribution in [2.45, 2.75) is 12.5 Å². The Balaban J connectivity index is 1.51. The lowest BCUT2D eigenvalue weighted by atomic mass is 9.97. The average molecular weight is 424 g/mol. The number of urea groups is 1. The van der Waals surface area contributed by atoms with E-state index in [1.807, 2.05) is 54.6 Å². The van der Waals surface area contributed by atoms with Crippen LogP contribution in [-0.2, 0) is 4.74 Å². The number of pyridine rings is 1. The van der Waals surface area contributed by atoms with E-state index in [1.54, 1.807) is 12.0 Å². The van der Waals surface area contributed by atoms with Gasteiger partial charge in [-0.1, -0.05) is 60.7 Å². The number of hydrogen-bond donors (Lipinski definition) is 1. The topological polar surface area (TPSA) is 54.5 Å². The van der Waals surface area contributed by atoms with Gasteiger partial charge in [0.25, 0.3) is 0 Å². The molecule has 5 heteroatoms. The summed E-state index contributed by atoms with van der Waals surface area (Å²) in [5.41, 5.74) is 5.85. The molecule has 4 aromatic rings. The number of nitrogens with zero attached hydrogens (tertiary/aromatic N) is 2. The minimum Gasteiger partial charge on any atom is -0.380 e. The van der Waals surface area contributed by atoms with Crippen LogP contribution in [0, 0.1) is 0 Å². The van der Waals surface area contributed by atoms with Gasteiger partial charge in [0.1, 0.15) is 0 Å². The molecule has 2 amide bonds. The molecule has 2 heterocycles. The van der Waals surface area contributed by atoms with Crippen molar-refractivity contribution < 1.29 is 9.53 Å². The molecule has 0 radical (unpaired) electrons. The van der Waals surface area contributed by atoms with Gasteiger partial charge in [0.05, 0.1) is 17.3 Å². The Morgan fingerprint density at radius 1 is 0.969 bits per heavy atom. The van der Waals surface area contributed by atoms with Gasteiger partial charge in [-0.2, -0.15) is 0 Å². The zero-order chi connectivity index (χ0) is 21.9. The molecule has 0 spiro atoms. The van der Waals surface area contributed by atoms with Crippen LogP contribution >= 0.6 is 0 Å². The van der Waals surface area contributed by atoms with Crippen LogP contribution in [0.1, 0.15) is 6.42 Å². The van der Waals surface area contributed by atoms with Crippen LogP contribution in [0.15, 0.2) is 84.9 Å². The molecule has 32 heavy (non-hydrogen) atoms. The molecule has 1 fully saturated rings. The van der Waals surface area contributed by atoms with Crippen LogP contribution in [0.2, 0.25) is 0 Å². The number of amides is 2. The van der Waals surface area contributed by atoms with Crippen molar-refractivity contribution in [3.63, 3.8) is 0 Å². The molecule has 0 bridgehead atoms. The summed E-state index contributed by atoms with van der Waals surface area (Å²) in [5.74, 6) is 0. The Morgan fingerprint density at radius 2 is 1.69 bits per heavy atom. The molecule has 3 aromatic carbocycles. The summed E-state index contributed by atoms with van der Waals surface area (Å²) in [6.07, 6.45) is 0.986. The second-order valence-corrected chi connectivity index (χ2v) is 8.05. The van der Waals surface area contributed by atoms with E-state index in [-0.39, 0.29) is 12.1 Å². The van der Waals surface area contributed by atoms with E-state index in [0.717, 1.165) is 45.4 Å². The maximum atomic E-state index is 12.7. The van der Waals surface area contributed by atoms with Crippen LogP contribution in [0.25, 0.3) is 33.3 Å². The zero-order valence-corrected chi connectivity index (χ0v) is 18.0. The molecule has 1 aliphatic heterocycles. The zero-order valence-electron chi connectivity index (χ0n) is 18.0. The summed E-state index contributed by atoms with van der Waals surface area (Å²) in [7, 11) is 1.69. The molecule has 1 atom stereocenters. The third-order valence-corrected chi connectivity index (χ3v) is 5.96. The lowest BCUT2D eigenvalue weighted by Crippen LogP contribution is -2.33. The molecule has 0 aliphatic carbocycles. The van der Waals surface area contributed by atoms with Gasteiger partial charge in [0, 0.05) is 42.4 Å². The SMILES string of the molecule is COC1CCN(C(=O)Nc2ccc3nc(-c4ccccc4)c(-c4ccccc4)cc3c2)C1. The largest absolute Gasteiger partial charge is 0.380 e. The van der Waals surface area contributed by atoms with Crippen LogP contribution in [0.4, 0.5) is 10.5 Å². The molecule has 5 nitrogen and oxygen atoms in total. The van der Waals surface area contributed by atoms with Crippen LogP contribution in [0.3, 0.4) is 0 Å². The molecule has 1 aromatic heterocycles. The average Bonchev–Trinajstić information content (AvgIpc) is 3.34. The second-order valence-electron chi connectivity index (χ2n) is 8.05. The first kappa shape index (κ1) is 20.2. The van der Waals surface area contributed by atoms with E-state index in [0.29, 0.717) is 13.1 Å². The Hall–Kier alpha value is -3.70.